The molecule has 2 N–H and O–H groups in total. The Labute approximate surface area is 111 Å². The van der Waals surface area contributed by atoms with Gasteiger partial charge in [-0.15, -0.1) is 0 Å². The summed E-state index contributed by atoms with van der Waals surface area (Å²) < 4.78 is 0. The lowest BCUT2D eigenvalue weighted by Gasteiger charge is -2.30. The van der Waals surface area contributed by atoms with E-state index in [1.165, 1.54) is 32.1 Å². The van der Waals surface area contributed by atoms with Crippen LogP contribution >= 0.6 is 0 Å². The predicted molar refractivity (Wildman–Crippen MR) is 74.7 cm³/mol. The zero-order valence-corrected chi connectivity index (χ0v) is 12.0. The number of carboxylic acids is 1. The van der Waals surface area contributed by atoms with Gasteiger partial charge < -0.3 is 10.4 Å². The Morgan fingerprint density at radius 1 is 1.33 bits per heavy atom. The van der Waals surface area contributed by atoms with E-state index in [0.29, 0.717) is 12.1 Å². The van der Waals surface area contributed by atoms with E-state index in [-0.39, 0.29) is 5.92 Å². The fourth-order valence-corrected chi connectivity index (χ4v) is 2.93. The summed E-state index contributed by atoms with van der Waals surface area (Å²) in [5.74, 6) is -0.736. The van der Waals surface area contributed by atoms with Gasteiger partial charge in [-0.3, -0.25) is 4.79 Å². The lowest BCUT2D eigenvalue weighted by atomic mass is 9.85. The molecule has 18 heavy (non-hydrogen) atoms. The number of hydrogen-bond donors (Lipinski definition) is 2. The third-order valence-electron chi connectivity index (χ3n) is 4.03. The maximum absolute atomic E-state index is 11.0. The highest BCUT2D eigenvalue weighted by molar-refractivity contribution is 5.70. The van der Waals surface area contributed by atoms with Crippen molar-refractivity contribution in [2.45, 2.75) is 83.7 Å². The number of carboxylic acid groups (broad SMARTS) is 1. The molecule has 0 aromatic heterocycles. The summed E-state index contributed by atoms with van der Waals surface area (Å²) >= 11 is 0. The lowest BCUT2D eigenvalue weighted by molar-refractivity contribution is -0.143. The Hall–Kier alpha value is -0.570. The maximum Gasteiger partial charge on any atom is 0.306 e. The van der Waals surface area contributed by atoms with Crippen LogP contribution in [0.2, 0.25) is 0 Å². The average molecular weight is 255 g/mol. The molecule has 3 heteroatoms. The first-order valence-corrected chi connectivity index (χ1v) is 7.62. The third-order valence-corrected chi connectivity index (χ3v) is 4.03. The fourth-order valence-electron chi connectivity index (χ4n) is 2.93. The zero-order valence-electron chi connectivity index (χ0n) is 12.0. The quantitative estimate of drug-likeness (QED) is 0.652. The highest BCUT2D eigenvalue weighted by Crippen LogP contribution is 2.25. The van der Waals surface area contributed by atoms with Crippen molar-refractivity contribution in [3.63, 3.8) is 0 Å². The molecule has 0 aromatic carbocycles. The SMILES string of the molecule is CCCCCCC(C)NC1CCCC(C(=O)O)C1. The molecule has 3 unspecified atom stereocenters. The van der Waals surface area contributed by atoms with Gasteiger partial charge in [0, 0.05) is 12.1 Å². The Balaban J connectivity index is 2.18. The van der Waals surface area contributed by atoms with Gasteiger partial charge in [0.15, 0.2) is 0 Å². The van der Waals surface area contributed by atoms with Gasteiger partial charge in [-0.05, 0) is 32.6 Å². The summed E-state index contributed by atoms with van der Waals surface area (Å²) in [6.45, 7) is 4.46. The van der Waals surface area contributed by atoms with E-state index in [2.05, 4.69) is 19.2 Å². The molecule has 0 bridgehead atoms. The van der Waals surface area contributed by atoms with Crippen LogP contribution in [0.1, 0.15) is 71.6 Å². The van der Waals surface area contributed by atoms with E-state index in [0.717, 1.165) is 25.7 Å². The molecule has 106 valence electrons. The van der Waals surface area contributed by atoms with Crippen LogP contribution in [0.4, 0.5) is 0 Å². The van der Waals surface area contributed by atoms with Gasteiger partial charge in [-0.1, -0.05) is 39.0 Å². The van der Waals surface area contributed by atoms with E-state index in [4.69, 9.17) is 5.11 Å². The Morgan fingerprint density at radius 2 is 2.11 bits per heavy atom. The van der Waals surface area contributed by atoms with Crippen molar-refractivity contribution in [2.75, 3.05) is 0 Å². The second-order valence-corrected chi connectivity index (χ2v) is 5.82. The van der Waals surface area contributed by atoms with Crippen molar-refractivity contribution in [3.8, 4) is 0 Å². The molecule has 0 amide bonds. The van der Waals surface area contributed by atoms with Crippen LogP contribution in [-0.2, 0) is 4.79 Å². The van der Waals surface area contributed by atoms with Gasteiger partial charge in [0.2, 0.25) is 0 Å². The molecule has 0 radical (unpaired) electrons. The highest BCUT2D eigenvalue weighted by Gasteiger charge is 2.27. The maximum atomic E-state index is 11.0. The summed E-state index contributed by atoms with van der Waals surface area (Å²) in [5.41, 5.74) is 0. The van der Waals surface area contributed by atoms with Gasteiger partial charge in [-0.25, -0.2) is 0 Å². The predicted octanol–water partition coefficient (Wildman–Crippen LogP) is 3.58. The molecule has 0 heterocycles. The van der Waals surface area contributed by atoms with Crippen LogP contribution in [-0.4, -0.2) is 23.2 Å². The van der Waals surface area contributed by atoms with E-state index >= 15 is 0 Å². The van der Waals surface area contributed by atoms with Crippen LogP contribution in [0.3, 0.4) is 0 Å². The van der Waals surface area contributed by atoms with Crippen molar-refractivity contribution in [1.82, 2.24) is 5.32 Å². The Bertz CT molecular complexity index is 243. The molecular weight excluding hydrogens is 226 g/mol. The first-order chi connectivity index (χ1) is 8.63. The summed E-state index contributed by atoms with van der Waals surface area (Å²) in [6.07, 6.45) is 10.3. The molecule has 0 aliphatic heterocycles. The molecular formula is C15H29NO2. The fraction of sp³-hybridized carbons (Fsp3) is 0.933. The Kier molecular flexibility index (Phi) is 7.33. The second kappa shape index (κ2) is 8.52. The van der Waals surface area contributed by atoms with Crippen LogP contribution in [0, 0.1) is 5.92 Å². The second-order valence-electron chi connectivity index (χ2n) is 5.82. The Morgan fingerprint density at radius 3 is 2.78 bits per heavy atom. The molecule has 3 nitrogen and oxygen atoms in total. The van der Waals surface area contributed by atoms with Crippen molar-refractivity contribution < 1.29 is 9.90 Å². The molecule has 1 saturated carbocycles. The number of carbonyl (C=O) groups is 1. The third kappa shape index (κ3) is 5.85. The van der Waals surface area contributed by atoms with Crippen molar-refractivity contribution in [1.29, 1.82) is 0 Å². The molecule has 1 aliphatic rings. The van der Waals surface area contributed by atoms with Crippen molar-refractivity contribution in [3.05, 3.63) is 0 Å². The monoisotopic (exact) mass is 255 g/mol. The highest BCUT2D eigenvalue weighted by atomic mass is 16.4. The summed E-state index contributed by atoms with van der Waals surface area (Å²) in [5, 5.41) is 12.7. The number of nitrogens with one attached hydrogen (secondary N) is 1. The van der Waals surface area contributed by atoms with Crippen LogP contribution in [0.15, 0.2) is 0 Å². The normalized spacial score (nSPS) is 25.9. The van der Waals surface area contributed by atoms with Crippen molar-refractivity contribution in [2.24, 2.45) is 5.92 Å². The summed E-state index contributed by atoms with van der Waals surface area (Å²) in [7, 11) is 0. The molecule has 0 aromatic rings. The minimum absolute atomic E-state index is 0.122. The van der Waals surface area contributed by atoms with E-state index in [9.17, 15) is 4.79 Å². The van der Waals surface area contributed by atoms with Crippen molar-refractivity contribution >= 4 is 5.97 Å². The lowest BCUT2D eigenvalue weighted by Crippen LogP contribution is -2.41. The number of unbranched alkanes of at least 4 members (excludes halogenated alkanes) is 3. The zero-order chi connectivity index (χ0) is 13.4. The molecule has 1 rings (SSSR count). The number of hydrogen-bond acceptors (Lipinski definition) is 2. The molecule has 0 spiro atoms. The summed E-state index contributed by atoms with van der Waals surface area (Å²) in [6, 6.07) is 0.945. The van der Waals surface area contributed by atoms with E-state index in [1.807, 2.05) is 0 Å². The van der Waals surface area contributed by atoms with Gasteiger partial charge in [-0.2, -0.15) is 0 Å². The molecule has 3 atom stereocenters. The van der Waals surface area contributed by atoms with Crippen LogP contribution < -0.4 is 5.32 Å². The minimum Gasteiger partial charge on any atom is -0.481 e. The van der Waals surface area contributed by atoms with Gasteiger partial charge >= 0.3 is 5.97 Å². The first-order valence-electron chi connectivity index (χ1n) is 7.62. The van der Waals surface area contributed by atoms with Gasteiger partial charge in [0.1, 0.15) is 0 Å². The van der Waals surface area contributed by atoms with Gasteiger partial charge in [0.05, 0.1) is 5.92 Å². The van der Waals surface area contributed by atoms with Gasteiger partial charge in [0.25, 0.3) is 0 Å². The smallest absolute Gasteiger partial charge is 0.306 e. The van der Waals surface area contributed by atoms with E-state index < -0.39 is 5.97 Å². The number of rotatable bonds is 8. The molecule has 0 saturated heterocycles. The number of aliphatic carboxylic acids is 1. The van der Waals surface area contributed by atoms with E-state index in [1.54, 1.807) is 0 Å². The minimum atomic E-state index is -0.614. The topological polar surface area (TPSA) is 49.3 Å². The standard InChI is InChI=1S/C15H29NO2/c1-3-4-5-6-8-12(2)16-14-10-7-9-13(11-14)15(17)18/h12-14,16H,3-11H2,1-2H3,(H,17,18). The first kappa shape index (κ1) is 15.5. The summed E-state index contributed by atoms with van der Waals surface area (Å²) in [4.78, 5) is 11.0. The molecule has 1 aliphatic carbocycles. The van der Waals surface area contributed by atoms with Crippen LogP contribution in [0.5, 0.6) is 0 Å². The largest absolute Gasteiger partial charge is 0.481 e. The average Bonchev–Trinajstić information content (AvgIpc) is 2.35. The van der Waals surface area contributed by atoms with Crippen LogP contribution in [0.25, 0.3) is 0 Å². The molecule has 1 fully saturated rings.